The standard InChI is InChI=1S/C48H90O11/c1-3-5-7-9-11-13-15-17-18-19-20-21-22-23-25-26-28-30-32-34-36-41(49)56-38-40(39-57-48-45(53)43(51)44(52)46(59-48)47(54)55)58-42(50)37-35-33-31-29-27-24-16-14-12-10-8-6-4-2/h40,43-46,48,51-53H,3-39H2,1-2H3,(H,54,55). The lowest BCUT2D eigenvalue weighted by molar-refractivity contribution is -0.298. The Hall–Kier alpha value is -1.79. The van der Waals surface area contributed by atoms with E-state index in [0.29, 0.717) is 12.8 Å². The number of aliphatic hydroxyl groups excluding tert-OH is 3. The number of hydrogen-bond donors (Lipinski definition) is 4. The Bertz CT molecular complexity index is 994. The van der Waals surface area contributed by atoms with E-state index < -0.39 is 54.7 Å². The fraction of sp³-hybridized carbons (Fsp3) is 0.938. The second kappa shape index (κ2) is 39.1. The molecule has 0 aromatic rings. The number of hydrogen-bond acceptors (Lipinski definition) is 10. The molecule has 1 rings (SSSR count). The number of aliphatic carboxylic acids is 1. The number of carboxylic acids is 1. The maximum atomic E-state index is 12.8. The monoisotopic (exact) mass is 843 g/mol. The molecular formula is C48H90O11. The number of aliphatic hydroxyl groups is 3. The summed E-state index contributed by atoms with van der Waals surface area (Å²) in [6, 6.07) is 0. The Morgan fingerprint density at radius 3 is 1.15 bits per heavy atom. The number of esters is 2. The Kier molecular flexibility index (Phi) is 36.6. The number of unbranched alkanes of at least 4 members (excludes halogenated alkanes) is 31. The van der Waals surface area contributed by atoms with Crippen LogP contribution in [-0.4, -0.2) is 88.4 Å². The van der Waals surface area contributed by atoms with E-state index in [1.54, 1.807) is 0 Å². The third kappa shape index (κ3) is 30.8. The second-order valence-corrected chi connectivity index (χ2v) is 17.3. The summed E-state index contributed by atoms with van der Waals surface area (Å²) in [5, 5.41) is 39.8. The zero-order valence-electron chi connectivity index (χ0n) is 37.8. The molecule has 0 aromatic carbocycles. The minimum Gasteiger partial charge on any atom is -0.479 e. The molecule has 0 bridgehead atoms. The average Bonchev–Trinajstić information content (AvgIpc) is 3.22. The fourth-order valence-corrected chi connectivity index (χ4v) is 7.82. The minimum atomic E-state index is -1.86. The van der Waals surface area contributed by atoms with E-state index in [1.807, 2.05) is 0 Å². The van der Waals surface area contributed by atoms with Crippen molar-refractivity contribution >= 4 is 17.9 Å². The first-order valence-corrected chi connectivity index (χ1v) is 24.6. The van der Waals surface area contributed by atoms with Crippen molar-refractivity contribution in [1.29, 1.82) is 0 Å². The molecule has 0 aromatic heterocycles. The lowest BCUT2D eigenvalue weighted by Gasteiger charge is -2.38. The summed E-state index contributed by atoms with van der Waals surface area (Å²) in [4.78, 5) is 36.9. The van der Waals surface area contributed by atoms with Gasteiger partial charge < -0.3 is 39.4 Å². The van der Waals surface area contributed by atoms with Crippen LogP contribution < -0.4 is 0 Å². The van der Waals surface area contributed by atoms with Gasteiger partial charge in [0.25, 0.3) is 0 Å². The number of carbonyl (C=O) groups excluding carboxylic acids is 2. The number of carboxylic acid groups (broad SMARTS) is 1. The highest BCUT2D eigenvalue weighted by Crippen LogP contribution is 2.23. The predicted molar refractivity (Wildman–Crippen MR) is 234 cm³/mol. The molecule has 1 aliphatic rings. The molecule has 0 radical (unpaired) electrons. The molecule has 11 heteroatoms. The second-order valence-electron chi connectivity index (χ2n) is 17.3. The SMILES string of the molecule is CCCCCCCCCCCCCCCCCCCCCCC(=O)OCC(COC1OC(C(=O)O)C(O)C(O)C1O)OC(=O)CCCCCCCCCCCCCCC. The minimum absolute atomic E-state index is 0.191. The van der Waals surface area contributed by atoms with Crippen molar-refractivity contribution in [3.05, 3.63) is 0 Å². The van der Waals surface area contributed by atoms with E-state index in [-0.39, 0.29) is 26.1 Å². The van der Waals surface area contributed by atoms with Gasteiger partial charge in [-0.3, -0.25) is 9.59 Å². The van der Waals surface area contributed by atoms with Gasteiger partial charge in [0, 0.05) is 12.8 Å². The molecule has 0 spiro atoms. The summed E-state index contributed by atoms with van der Waals surface area (Å²) in [6.45, 7) is 3.85. The summed E-state index contributed by atoms with van der Waals surface area (Å²) < 4.78 is 21.8. The van der Waals surface area contributed by atoms with E-state index in [9.17, 15) is 34.8 Å². The highest BCUT2D eigenvalue weighted by atomic mass is 16.7. The molecule has 0 aliphatic carbocycles. The molecule has 1 aliphatic heterocycles. The quantitative estimate of drug-likeness (QED) is 0.0341. The zero-order chi connectivity index (χ0) is 43.2. The van der Waals surface area contributed by atoms with Gasteiger partial charge in [0.2, 0.25) is 0 Å². The zero-order valence-corrected chi connectivity index (χ0v) is 37.8. The van der Waals surface area contributed by atoms with Crippen molar-refractivity contribution < 1.29 is 53.8 Å². The van der Waals surface area contributed by atoms with Crippen molar-refractivity contribution in [3.8, 4) is 0 Å². The van der Waals surface area contributed by atoms with Crippen molar-refractivity contribution in [1.82, 2.24) is 0 Å². The fourth-order valence-electron chi connectivity index (χ4n) is 7.82. The van der Waals surface area contributed by atoms with Crippen molar-refractivity contribution in [2.45, 2.75) is 275 Å². The maximum Gasteiger partial charge on any atom is 0.335 e. The number of rotatable bonds is 42. The molecule has 4 N–H and O–H groups in total. The van der Waals surface area contributed by atoms with Crippen LogP contribution in [0.5, 0.6) is 0 Å². The highest BCUT2D eigenvalue weighted by Gasteiger charge is 2.47. The van der Waals surface area contributed by atoms with Gasteiger partial charge >= 0.3 is 17.9 Å². The lowest BCUT2D eigenvalue weighted by atomic mass is 9.99. The van der Waals surface area contributed by atoms with Gasteiger partial charge in [-0.05, 0) is 12.8 Å². The van der Waals surface area contributed by atoms with E-state index in [0.717, 1.165) is 38.5 Å². The summed E-state index contributed by atoms with van der Waals surface area (Å²) >= 11 is 0. The molecule has 1 saturated heterocycles. The Morgan fingerprint density at radius 2 is 0.797 bits per heavy atom. The summed E-state index contributed by atoms with van der Waals surface area (Å²) in [5.74, 6) is -2.42. The van der Waals surface area contributed by atoms with E-state index in [2.05, 4.69) is 13.8 Å². The van der Waals surface area contributed by atoms with Crippen LogP contribution in [0, 0.1) is 0 Å². The first-order chi connectivity index (χ1) is 28.7. The van der Waals surface area contributed by atoms with E-state index in [1.165, 1.54) is 161 Å². The largest absolute Gasteiger partial charge is 0.479 e. The number of carbonyl (C=O) groups is 3. The highest BCUT2D eigenvalue weighted by molar-refractivity contribution is 5.73. The van der Waals surface area contributed by atoms with Crippen LogP contribution in [0.4, 0.5) is 0 Å². The summed E-state index contributed by atoms with van der Waals surface area (Å²) in [6.07, 6.45) is 31.6. The average molecular weight is 843 g/mol. The lowest BCUT2D eigenvalue weighted by Crippen LogP contribution is -2.60. The van der Waals surface area contributed by atoms with Gasteiger partial charge in [-0.25, -0.2) is 4.79 Å². The van der Waals surface area contributed by atoms with Crippen molar-refractivity contribution in [2.75, 3.05) is 13.2 Å². The van der Waals surface area contributed by atoms with Crippen LogP contribution in [0.15, 0.2) is 0 Å². The molecule has 6 atom stereocenters. The molecule has 6 unspecified atom stereocenters. The van der Waals surface area contributed by atoms with Crippen molar-refractivity contribution in [3.63, 3.8) is 0 Å². The van der Waals surface area contributed by atoms with Crippen LogP contribution in [0.25, 0.3) is 0 Å². The third-order valence-corrected chi connectivity index (χ3v) is 11.7. The predicted octanol–water partition coefficient (Wildman–Crippen LogP) is 11.0. The molecular weight excluding hydrogens is 753 g/mol. The summed E-state index contributed by atoms with van der Waals surface area (Å²) in [5.41, 5.74) is 0. The molecule has 11 nitrogen and oxygen atoms in total. The molecule has 59 heavy (non-hydrogen) atoms. The van der Waals surface area contributed by atoms with Crippen LogP contribution in [0.3, 0.4) is 0 Å². The molecule has 1 heterocycles. The van der Waals surface area contributed by atoms with Crippen LogP contribution in [-0.2, 0) is 33.3 Å². The van der Waals surface area contributed by atoms with Gasteiger partial charge in [-0.2, -0.15) is 0 Å². The third-order valence-electron chi connectivity index (χ3n) is 11.7. The first-order valence-electron chi connectivity index (χ1n) is 24.6. The van der Waals surface area contributed by atoms with Crippen molar-refractivity contribution in [2.24, 2.45) is 0 Å². The van der Waals surface area contributed by atoms with Gasteiger partial charge in [-0.1, -0.05) is 213 Å². The summed E-state index contributed by atoms with van der Waals surface area (Å²) in [7, 11) is 0. The first kappa shape index (κ1) is 55.2. The van der Waals surface area contributed by atoms with E-state index >= 15 is 0 Å². The topological polar surface area (TPSA) is 169 Å². The Labute approximate surface area is 359 Å². The van der Waals surface area contributed by atoms with Crippen LogP contribution >= 0.6 is 0 Å². The van der Waals surface area contributed by atoms with Gasteiger partial charge in [0.05, 0.1) is 6.61 Å². The normalized spacial score (nSPS) is 19.8. The van der Waals surface area contributed by atoms with Crippen LogP contribution in [0.2, 0.25) is 0 Å². The maximum absolute atomic E-state index is 12.8. The van der Waals surface area contributed by atoms with Crippen LogP contribution in [0.1, 0.15) is 239 Å². The van der Waals surface area contributed by atoms with Gasteiger partial charge in [0.1, 0.15) is 24.9 Å². The molecule has 0 saturated carbocycles. The smallest absolute Gasteiger partial charge is 0.335 e. The molecule has 0 amide bonds. The number of ether oxygens (including phenoxy) is 4. The van der Waals surface area contributed by atoms with E-state index in [4.69, 9.17) is 18.9 Å². The Morgan fingerprint density at radius 1 is 0.458 bits per heavy atom. The van der Waals surface area contributed by atoms with Gasteiger partial charge in [-0.15, -0.1) is 0 Å². The Balaban J connectivity index is 2.28. The molecule has 348 valence electrons. The molecule has 1 fully saturated rings. The van der Waals surface area contributed by atoms with Gasteiger partial charge in [0.15, 0.2) is 18.5 Å².